The van der Waals surface area contributed by atoms with E-state index in [0.29, 0.717) is 21.3 Å². The van der Waals surface area contributed by atoms with Crippen LogP contribution in [0, 0.1) is 5.82 Å². The molecule has 0 aromatic heterocycles. The van der Waals surface area contributed by atoms with Gasteiger partial charge in [-0.3, -0.25) is 9.59 Å². The predicted molar refractivity (Wildman–Crippen MR) is 140 cm³/mol. The molecule has 0 fully saturated rings. The number of hydrogen-bond donors (Lipinski definition) is 1. The standard InChI is InChI=1S/C25H34ClFN4O4S/c1-6-18(3)28-25(33)22(7-2)30(16-19-12-8-9-13-20(19)26)24(32)17-31(36(34,35)29(4)5)23-15-11-10-14-21(23)27/h8-15,18,22H,6-7,16-17H2,1-5H3,(H,28,33)/t18-,22-/m0/s1. The second-order valence-corrected chi connectivity index (χ2v) is 11.1. The average Bonchev–Trinajstić information content (AvgIpc) is 2.83. The molecule has 2 amide bonds. The maximum absolute atomic E-state index is 14.7. The van der Waals surface area contributed by atoms with Crippen molar-refractivity contribution < 1.29 is 22.4 Å². The fourth-order valence-electron chi connectivity index (χ4n) is 3.53. The smallest absolute Gasteiger partial charge is 0.304 e. The summed E-state index contributed by atoms with van der Waals surface area (Å²) in [5.74, 6) is -1.83. The molecule has 198 valence electrons. The van der Waals surface area contributed by atoms with Crippen LogP contribution >= 0.6 is 11.6 Å². The molecule has 2 aromatic rings. The van der Waals surface area contributed by atoms with Gasteiger partial charge in [0.25, 0.3) is 0 Å². The number of benzene rings is 2. The van der Waals surface area contributed by atoms with E-state index in [-0.39, 0.29) is 30.6 Å². The summed E-state index contributed by atoms with van der Waals surface area (Å²) >= 11 is 6.34. The lowest BCUT2D eigenvalue weighted by Gasteiger charge is -2.34. The summed E-state index contributed by atoms with van der Waals surface area (Å²) < 4.78 is 42.6. The molecular weight excluding hydrogens is 507 g/mol. The van der Waals surface area contributed by atoms with E-state index in [9.17, 15) is 22.4 Å². The van der Waals surface area contributed by atoms with Crippen molar-refractivity contribution in [3.05, 3.63) is 64.9 Å². The minimum absolute atomic E-state index is 0.0297. The zero-order valence-corrected chi connectivity index (χ0v) is 22.8. The number of carbonyl (C=O) groups is 2. The van der Waals surface area contributed by atoms with Crippen LogP contribution in [0.1, 0.15) is 39.2 Å². The third-order valence-corrected chi connectivity index (χ3v) is 8.00. The molecular formula is C25H34ClFN4O4S. The van der Waals surface area contributed by atoms with Crippen LogP contribution in [0.25, 0.3) is 0 Å². The maximum atomic E-state index is 14.7. The van der Waals surface area contributed by atoms with Crippen LogP contribution in [0.2, 0.25) is 5.02 Å². The number of halogens is 2. The SMILES string of the molecule is CC[C@H](C)NC(=O)[C@H](CC)N(Cc1ccccc1Cl)C(=O)CN(c1ccccc1F)S(=O)(=O)N(C)C. The molecule has 0 saturated heterocycles. The Hall–Kier alpha value is -2.69. The minimum atomic E-state index is -4.25. The van der Waals surface area contributed by atoms with Gasteiger partial charge in [0.15, 0.2) is 0 Å². The zero-order chi connectivity index (χ0) is 27.0. The van der Waals surface area contributed by atoms with Crippen molar-refractivity contribution in [3.63, 3.8) is 0 Å². The Morgan fingerprint density at radius 3 is 2.19 bits per heavy atom. The van der Waals surface area contributed by atoms with Gasteiger partial charge in [0.05, 0.1) is 5.69 Å². The fourth-order valence-corrected chi connectivity index (χ4v) is 4.79. The average molecular weight is 541 g/mol. The zero-order valence-electron chi connectivity index (χ0n) is 21.2. The van der Waals surface area contributed by atoms with Crippen molar-refractivity contribution in [1.82, 2.24) is 14.5 Å². The third kappa shape index (κ3) is 7.18. The van der Waals surface area contributed by atoms with Gasteiger partial charge >= 0.3 is 10.2 Å². The second-order valence-electron chi connectivity index (χ2n) is 8.60. The van der Waals surface area contributed by atoms with Crippen LogP contribution in [-0.2, 0) is 26.3 Å². The highest BCUT2D eigenvalue weighted by molar-refractivity contribution is 7.90. The molecule has 0 heterocycles. The lowest BCUT2D eigenvalue weighted by atomic mass is 10.1. The summed E-state index contributed by atoms with van der Waals surface area (Å²) in [6.45, 7) is 4.81. The van der Waals surface area contributed by atoms with Gasteiger partial charge in [-0.2, -0.15) is 12.7 Å². The molecule has 0 saturated carbocycles. The molecule has 2 rings (SSSR count). The number of anilines is 1. The van der Waals surface area contributed by atoms with Gasteiger partial charge in [0.2, 0.25) is 11.8 Å². The van der Waals surface area contributed by atoms with E-state index < -0.39 is 34.5 Å². The van der Waals surface area contributed by atoms with Crippen molar-refractivity contribution >= 4 is 39.3 Å². The Kier molecular flexibility index (Phi) is 10.7. The van der Waals surface area contributed by atoms with Gasteiger partial charge in [0, 0.05) is 31.7 Å². The van der Waals surface area contributed by atoms with Crippen molar-refractivity contribution in [2.75, 3.05) is 24.9 Å². The van der Waals surface area contributed by atoms with E-state index in [0.717, 1.165) is 10.4 Å². The fraction of sp³-hybridized carbons (Fsp3) is 0.440. The molecule has 0 radical (unpaired) electrons. The van der Waals surface area contributed by atoms with Gasteiger partial charge in [-0.15, -0.1) is 0 Å². The Morgan fingerprint density at radius 2 is 1.64 bits per heavy atom. The molecule has 0 aliphatic heterocycles. The van der Waals surface area contributed by atoms with E-state index >= 15 is 0 Å². The summed E-state index contributed by atoms with van der Waals surface area (Å²) in [5, 5.41) is 3.30. The van der Waals surface area contributed by atoms with Gasteiger partial charge in [-0.25, -0.2) is 8.70 Å². The molecule has 0 aliphatic carbocycles. The first-order valence-electron chi connectivity index (χ1n) is 11.7. The lowest BCUT2D eigenvalue weighted by Crippen LogP contribution is -2.54. The van der Waals surface area contributed by atoms with Gasteiger partial charge in [-0.1, -0.05) is 55.8 Å². The molecule has 0 spiro atoms. The molecule has 0 aliphatic rings. The normalized spacial score (nSPS) is 13.2. The van der Waals surface area contributed by atoms with E-state index in [1.165, 1.54) is 37.2 Å². The summed E-state index contributed by atoms with van der Waals surface area (Å²) in [7, 11) is -1.66. The minimum Gasteiger partial charge on any atom is -0.352 e. The number of amides is 2. The highest BCUT2D eigenvalue weighted by atomic mass is 35.5. The summed E-state index contributed by atoms with van der Waals surface area (Å²) in [6, 6.07) is 11.2. The molecule has 2 atom stereocenters. The molecule has 8 nitrogen and oxygen atoms in total. The van der Waals surface area contributed by atoms with E-state index in [1.807, 2.05) is 13.8 Å². The first-order chi connectivity index (χ1) is 16.9. The molecule has 0 bridgehead atoms. The number of hydrogen-bond acceptors (Lipinski definition) is 4. The monoisotopic (exact) mass is 540 g/mol. The van der Waals surface area contributed by atoms with Crippen LogP contribution < -0.4 is 9.62 Å². The van der Waals surface area contributed by atoms with Gasteiger partial charge in [-0.05, 0) is 43.5 Å². The largest absolute Gasteiger partial charge is 0.352 e. The Labute approximate surface area is 218 Å². The molecule has 1 N–H and O–H groups in total. The van der Waals surface area contributed by atoms with Gasteiger partial charge < -0.3 is 10.2 Å². The third-order valence-electron chi connectivity index (χ3n) is 5.83. The number of nitrogens with zero attached hydrogens (tertiary/aromatic N) is 3. The highest BCUT2D eigenvalue weighted by Crippen LogP contribution is 2.25. The summed E-state index contributed by atoms with van der Waals surface area (Å²) in [5.41, 5.74) is 0.324. The van der Waals surface area contributed by atoms with Crippen molar-refractivity contribution in [2.45, 2.75) is 52.2 Å². The van der Waals surface area contributed by atoms with E-state index in [1.54, 1.807) is 31.2 Å². The Balaban J connectivity index is 2.54. The molecule has 36 heavy (non-hydrogen) atoms. The summed E-state index contributed by atoms with van der Waals surface area (Å²) in [4.78, 5) is 28.2. The van der Waals surface area contributed by atoms with E-state index in [2.05, 4.69) is 5.32 Å². The number of para-hydroxylation sites is 1. The van der Waals surface area contributed by atoms with E-state index in [4.69, 9.17) is 11.6 Å². The highest BCUT2D eigenvalue weighted by Gasteiger charge is 2.35. The van der Waals surface area contributed by atoms with Crippen LogP contribution in [-0.4, -0.2) is 62.2 Å². The van der Waals surface area contributed by atoms with Crippen LogP contribution in [0.4, 0.5) is 10.1 Å². The first kappa shape index (κ1) is 29.5. The van der Waals surface area contributed by atoms with Crippen LogP contribution in [0.15, 0.2) is 48.5 Å². The maximum Gasteiger partial charge on any atom is 0.304 e. The summed E-state index contributed by atoms with van der Waals surface area (Å²) in [6.07, 6.45) is 0.974. The van der Waals surface area contributed by atoms with Crippen molar-refractivity contribution in [2.24, 2.45) is 0 Å². The quantitative estimate of drug-likeness (QED) is 0.443. The molecule has 0 unspecified atom stereocenters. The Morgan fingerprint density at radius 1 is 1.03 bits per heavy atom. The second kappa shape index (κ2) is 13.0. The van der Waals surface area contributed by atoms with Crippen molar-refractivity contribution in [3.8, 4) is 0 Å². The number of nitrogens with one attached hydrogen (secondary N) is 1. The Bertz CT molecular complexity index is 1160. The first-order valence-corrected chi connectivity index (χ1v) is 13.5. The lowest BCUT2D eigenvalue weighted by molar-refractivity contribution is -0.140. The van der Waals surface area contributed by atoms with Crippen molar-refractivity contribution in [1.29, 1.82) is 0 Å². The van der Waals surface area contributed by atoms with Crippen LogP contribution in [0.3, 0.4) is 0 Å². The number of rotatable bonds is 12. The molecule has 2 aromatic carbocycles. The predicted octanol–water partition coefficient (Wildman–Crippen LogP) is 3.81. The topological polar surface area (TPSA) is 90.0 Å². The molecule has 11 heteroatoms. The van der Waals surface area contributed by atoms with Crippen LogP contribution in [0.5, 0.6) is 0 Å². The number of carbonyl (C=O) groups excluding carboxylic acids is 2. The van der Waals surface area contributed by atoms with Gasteiger partial charge in [0.1, 0.15) is 18.4 Å².